The van der Waals surface area contributed by atoms with E-state index in [9.17, 15) is 5.26 Å². The van der Waals surface area contributed by atoms with Crippen molar-refractivity contribution in [3.8, 4) is 34.0 Å². The Morgan fingerprint density at radius 2 is 1.10 bits per heavy atom. The molecule has 2 aromatic heterocycles. The minimum absolute atomic E-state index is 0.653. The molecule has 6 aromatic carbocycles. The molecule has 3 heteroatoms. The predicted molar refractivity (Wildman–Crippen MR) is 169 cm³/mol. The number of nitriles is 1. The van der Waals surface area contributed by atoms with Crippen LogP contribution in [0.5, 0.6) is 0 Å². The lowest BCUT2D eigenvalue weighted by atomic mass is 9.94. The molecule has 0 unspecified atom stereocenters. The molecule has 186 valence electrons. The molecule has 0 radical (unpaired) electrons. The first-order chi connectivity index (χ1) is 19.8. The van der Waals surface area contributed by atoms with Gasteiger partial charge in [0, 0.05) is 36.5 Å². The Labute approximate surface area is 235 Å². The van der Waals surface area contributed by atoms with Crippen molar-refractivity contribution in [3.63, 3.8) is 0 Å². The molecule has 0 aliphatic rings. The molecule has 2 heterocycles. The quantitative estimate of drug-likeness (QED) is 0.225. The number of para-hydroxylation sites is 3. The number of hydrogen-bond donors (Lipinski definition) is 0. The molecule has 0 spiro atoms. The van der Waals surface area contributed by atoms with Crippen LogP contribution >= 0.6 is 11.3 Å². The third-order valence-electron chi connectivity index (χ3n) is 7.85. The molecule has 0 saturated carbocycles. The van der Waals surface area contributed by atoms with E-state index >= 15 is 0 Å². The molecule has 8 rings (SSSR count). The maximum Gasteiger partial charge on any atom is 0.101 e. The molecule has 0 saturated heterocycles. The first kappa shape index (κ1) is 22.8. The minimum atomic E-state index is 0.653. The van der Waals surface area contributed by atoms with Crippen molar-refractivity contribution in [3.05, 3.63) is 139 Å². The second-order valence-corrected chi connectivity index (χ2v) is 11.1. The molecule has 0 aliphatic carbocycles. The number of hydrogen-bond acceptors (Lipinski definition) is 2. The highest BCUT2D eigenvalue weighted by Crippen LogP contribution is 2.42. The van der Waals surface area contributed by atoms with Crippen LogP contribution in [0.25, 0.3) is 69.9 Å². The first-order valence-corrected chi connectivity index (χ1v) is 14.2. The zero-order valence-corrected chi connectivity index (χ0v) is 22.3. The molecule has 2 nitrogen and oxygen atoms in total. The summed E-state index contributed by atoms with van der Waals surface area (Å²) in [5, 5.41) is 15.3. The molecule has 8 aromatic rings. The Balaban J connectivity index is 1.41. The molecule has 0 fully saturated rings. The fraction of sp³-hybridized carbons (Fsp3) is 0. The smallest absolute Gasteiger partial charge is 0.101 e. The van der Waals surface area contributed by atoms with Crippen molar-refractivity contribution < 1.29 is 0 Å². The number of benzene rings is 6. The number of thiophene rings is 1. The zero-order valence-electron chi connectivity index (χ0n) is 21.5. The van der Waals surface area contributed by atoms with Gasteiger partial charge in [-0.3, -0.25) is 0 Å². The van der Waals surface area contributed by atoms with Gasteiger partial charge in [0.2, 0.25) is 0 Å². The lowest BCUT2D eigenvalue weighted by Gasteiger charge is -2.16. The van der Waals surface area contributed by atoms with Gasteiger partial charge in [-0.15, -0.1) is 11.3 Å². The van der Waals surface area contributed by atoms with Crippen LogP contribution in [0.4, 0.5) is 0 Å². The lowest BCUT2D eigenvalue weighted by Crippen LogP contribution is -2.00. The Morgan fingerprint density at radius 3 is 1.85 bits per heavy atom. The van der Waals surface area contributed by atoms with E-state index in [1.54, 1.807) is 0 Å². The Hall–Kier alpha value is -5.17. The van der Waals surface area contributed by atoms with Crippen LogP contribution in [0.1, 0.15) is 5.56 Å². The second-order valence-electron chi connectivity index (χ2n) is 10.0. The Morgan fingerprint density at radius 1 is 0.525 bits per heavy atom. The second kappa shape index (κ2) is 8.95. The van der Waals surface area contributed by atoms with E-state index in [1.165, 1.54) is 42.1 Å². The van der Waals surface area contributed by atoms with Gasteiger partial charge in [0.25, 0.3) is 0 Å². The van der Waals surface area contributed by atoms with Gasteiger partial charge in [0.1, 0.15) is 6.07 Å². The predicted octanol–water partition coefficient (Wildman–Crippen LogP) is 10.4. The third kappa shape index (κ3) is 3.34. The van der Waals surface area contributed by atoms with Gasteiger partial charge >= 0.3 is 0 Å². The summed E-state index contributed by atoms with van der Waals surface area (Å²) in [6.45, 7) is 0. The fourth-order valence-corrected chi connectivity index (χ4v) is 7.27. The van der Waals surface area contributed by atoms with E-state index in [-0.39, 0.29) is 0 Å². The van der Waals surface area contributed by atoms with Crippen molar-refractivity contribution in [2.75, 3.05) is 0 Å². The van der Waals surface area contributed by atoms with Crippen LogP contribution in [-0.2, 0) is 0 Å². The summed E-state index contributed by atoms with van der Waals surface area (Å²) in [7, 11) is 0. The van der Waals surface area contributed by atoms with E-state index in [4.69, 9.17) is 0 Å². The maximum absolute atomic E-state index is 10.3. The number of rotatable bonds is 3. The average molecular weight is 527 g/mol. The van der Waals surface area contributed by atoms with Gasteiger partial charge in [-0.2, -0.15) is 5.26 Å². The van der Waals surface area contributed by atoms with Gasteiger partial charge < -0.3 is 4.57 Å². The average Bonchev–Trinajstić information content (AvgIpc) is 3.56. The number of fused-ring (bicyclic) bond motifs is 6. The summed E-state index contributed by atoms with van der Waals surface area (Å²) in [6.07, 6.45) is 0. The van der Waals surface area contributed by atoms with Crippen LogP contribution in [0, 0.1) is 11.3 Å². The van der Waals surface area contributed by atoms with Crippen LogP contribution in [0.3, 0.4) is 0 Å². The molecule has 0 amide bonds. The van der Waals surface area contributed by atoms with Gasteiger partial charge in [-0.05, 0) is 53.1 Å². The summed E-state index contributed by atoms with van der Waals surface area (Å²) < 4.78 is 4.86. The summed E-state index contributed by atoms with van der Waals surface area (Å²) in [5.74, 6) is 0. The van der Waals surface area contributed by atoms with Crippen molar-refractivity contribution in [2.45, 2.75) is 0 Å². The SMILES string of the molecule is N#Cc1cccc(-c2cccc(-c3cccc4sc5ccccc5c34)c2)c1-n1c2ccccc2c2ccccc21. The fourth-order valence-electron chi connectivity index (χ4n) is 6.14. The van der Waals surface area contributed by atoms with Gasteiger partial charge in [-0.1, -0.05) is 97.1 Å². The van der Waals surface area contributed by atoms with Crippen LogP contribution in [-0.4, -0.2) is 4.57 Å². The van der Waals surface area contributed by atoms with Gasteiger partial charge in [0.05, 0.1) is 22.3 Å². The normalized spacial score (nSPS) is 11.5. The van der Waals surface area contributed by atoms with E-state index in [2.05, 4.69) is 132 Å². The summed E-state index contributed by atoms with van der Waals surface area (Å²) in [5.41, 5.74) is 8.28. The van der Waals surface area contributed by atoms with E-state index < -0.39 is 0 Å². The third-order valence-corrected chi connectivity index (χ3v) is 8.98. The van der Waals surface area contributed by atoms with Crippen LogP contribution < -0.4 is 0 Å². The maximum atomic E-state index is 10.3. The topological polar surface area (TPSA) is 28.7 Å². The van der Waals surface area contributed by atoms with Crippen molar-refractivity contribution >= 4 is 53.3 Å². The van der Waals surface area contributed by atoms with E-state index in [0.29, 0.717) is 5.56 Å². The standard InChI is InChI=1S/C37H22N2S/c38-23-26-12-8-17-28(37(26)39-32-18-4-1-13-29(32)30-14-2-5-19-33(30)39)25-11-7-10-24(22-25)27-16-9-21-35-36(27)31-15-3-6-20-34(31)40-35/h1-22H. The Bertz CT molecular complexity index is 2240. The largest absolute Gasteiger partial charge is 0.307 e. The molecular weight excluding hydrogens is 504 g/mol. The summed E-state index contributed by atoms with van der Waals surface area (Å²) in [6, 6.07) is 49.4. The van der Waals surface area contributed by atoms with Crippen LogP contribution in [0.2, 0.25) is 0 Å². The minimum Gasteiger partial charge on any atom is -0.307 e. The molecular formula is C37H22N2S. The molecule has 40 heavy (non-hydrogen) atoms. The lowest BCUT2D eigenvalue weighted by molar-refractivity contribution is 1.17. The molecule has 0 atom stereocenters. The highest BCUT2D eigenvalue weighted by molar-refractivity contribution is 7.25. The zero-order chi connectivity index (χ0) is 26.6. The summed E-state index contributed by atoms with van der Waals surface area (Å²) >= 11 is 1.84. The van der Waals surface area contributed by atoms with E-state index in [1.807, 2.05) is 23.5 Å². The number of nitrogens with zero attached hydrogens (tertiary/aromatic N) is 2. The van der Waals surface area contributed by atoms with Crippen LogP contribution in [0.15, 0.2) is 133 Å². The highest BCUT2D eigenvalue weighted by atomic mass is 32.1. The van der Waals surface area contributed by atoms with E-state index in [0.717, 1.165) is 27.8 Å². The first-order valence-electron chi connectivity index (χ1n) is 13.3. The molecule has 0 aliphatic heterocycles. The van der Waals surface area contributed by atoms with Crippen molar-refractivity contribution in [1.82, 2.24) is 4.57 Å². The van der Waals surface area contributed by atoms with Gasteiger partial charge in [-0.25, -0.2) is 0 Å². The molecule has 0 N–H and O–H groups in total. The monoisotopic (exact) mass is 526 g/mol. The van der Waals surface area contributed by atoms with Crippen molar-refractivity contribution in [1.29, 1.82) is 5.26 Å². The van der Waals surface area contributed by atoms with Gasteiger partial charge in [0.15, 0.2) is 0 Å². The Kier molecular flexibility index (Phi) is 5.10. The molecule has 0 bridgehead atoms. The number of aromatic nitrogens is 1. The summed E-state index contributed by atoms with van der Waals surface area (Å²) in [4.78, 5) is 0. The van der Waals surface area contributed by atoms with Crippen molar-refractivity contribution in [2.24, 2.45) is 0 Å². The highest BCUT2D eigenvalue weighted by Gasteiger charge is 2.19.